The van der Waals surface area contributed by atoms with Gasteiger partial charge in [0.1, 0.15) is 5.75 Å². The van der Waals surface area contributed by atoms with E-state index in [1.54, 1.807) is 24.3 Å². The first-order valence-corrected chi connectivity index (χ1v) is 10.4. The van der Waals surface area contributed by atoms with Crippen molar-refractivity contribution in [1.29, 1.82) is 0 Å². The van der Waals surface area contributed by atoms with Crippen molar-refractivity contribution in [1.82, 2.24) is 10.2 Å². The van der Waals surface area contributed by atoms with Crippen molar-refractivity contribution >= 4 is 11.7 Å². The van der Waals surface area contributed by atoms with Gasteiger partial charge in [-0.05, 0) is 49.6 Å². The predicted octanol–water partition coefficient (Wildman–Crippen LogP) is 3.83. The lowest BCUT2D eigenvalue weighted by Gasteiger charge is -2.38. The van der Waals surface area contributed by atoms with E-state index in [0.717, 1.165) is 25.9 Å². The van der Waals surface area contributed by atoms with E-state index in [-0.39, 0.29) is 24.3 Å². The number of nitrogens with zero attached hydrogens (tertiary/aromatic N) is 1. The highest BCUT2D eigenvalue weighted by Crippen LogP contribution is 2.20. The van der Waals surface area contributed by atoms with Crippen molar-refractivity contribution in [2.24, 2.45) is 0 Å². The van der Waals surface area contributed by atoms with E-state index in [1.807, 2.05) is 13.0 Å². The summed E-state index contributed by atoms with van der Waals surface area (Å²) in [5.41, 5.74) is 1.99. The molecule has 154 valence electrons. The molecule has 3 rings (SSSR count). The zero-order valence-corrected chi connectivity index (χ0v) is 17.3. The van der Waals surface area contributed by atoms with Gasteiger partial charge in [0.05, 0.1) is 0 Å². The Hall–Kier alpha value is -2.66. The van der Waals surface area contributed by atoms with Crippen LogP contribution in [0.2, 0.25) is 0 Å². The van der Waals surface area contributed by atoms with Crippen molar-refractivity contribution in [2.75, 3.05) is 13.2 Å². The molecular weight excluding hydrogens is 364 g/mol. The van der Waals surface area contributed by atoms with Crippen molar-refractivity contribution < 1.29 is 14.3 Å². The second-order valence-electron chi connectivity index (χ2n) is 7.68. The largest absolute Gasteiger partial charge is 0.484 e. The van der Waals surface area contributed by atoms with Gasteiger partial charge in [0.25, 0.3) is 5.91 Å². The SMILES string of the molecule is CCC(=O)c1ccc(OCC(=O)N[C@H]2CCN(Cc3ccccc3)[C@H](C)C2)cc1. The van der Waals surface area contributed by atoms with E-state index in [9.17, 15) is 9.59 Å². The number of rotatable bonds is 8. The average molecular weight is 395 g/mol. The van der Waals surface area contributed by atoms with Gasteiger partial charge in [0.2, 0.25) is 0 Å². The first-order chi connectivity index (χ1) is 14.0. The summed E-state index contributed by atoms with van der Waals surface area (Å²) in [6.07, 6.45) is 2.36. The summed E-state index contributed by atoms with van der Waals surface area (Å²) < 4.78 is 5.57. The minimum atomic E-state index is -0.104. The first-order valence-electron chi connectivity index (χ1n) is 10.4. The molecule has 29 heavy (non-hydrogen) atoms. The zero-order chi connectivity index (χ0) is 20.6. The maximum Gasteiger partial charge on any atom is 0.258 e. The Labute approximate surface area is 173 Å². The molecule has 2 atom stereocenters. The molecule has 2 aromatic rings. The predicted molar refractivity (Wildman–Crippen MR) is 114 cm³/mol. The fourth-order valence-corrected chi connectivity index (χ4v) is 3.76. The number of carbonyl (C=O) groups is 2. The third kappa shape index (κ3) is 6.16. The molecule has 2 aromatic carbocycles. The Morgan fingerprint density at radius 2 is 1.83 bits per heavy atom. The van der Waals surface area contributed by atoms with E-state index in [2.05, 4.69) is 41.4 Å². The van der Waals surface area contributed by atoms with Crippen LogP contribution < -0.4 is 10.1 Å². The lowest BCUT2D eigenvalue weighted by Crippen LogP contribution is -2.49. The topological polar surface area (TPSA) is 58.6 Å². The number of amides is 1. The molecule has 0 aliphatic carbocycles. The Morgan fingerprint density at radius 1 is 1.10 bits per heavy atom. The van der Waals surface area contributed by atoms with E-state index in [4.69, 9.17) is 4.74 Å². The molecule has 1 aliphatic heterocycles. The summed E-state index contributed by atoms with van der Waals surface area (Å²) in [7, 11) is 0. The van der Waals surface area contributed by atoms with Crippen LogP contribution in [0.5, 0.6) is 5.75 Å². The molecule has 1 fully saturated rings. The standard InChI is InChI=1S/C24H30N2O3/c1-3-23(27)20-9-11-22(12-10-20)29-17-24(28)25-21-13-14-26(18(2)15-21)16-19-7-5-4-6-8-19/h4-12,18,21H,3,13-17H2,1-2H3,(H,25,28)/t18-,21+/m1/s1. The molecule has 1 N–H and O–H groups in total. The van der Waals surface area contributed by atoms with Crippen LogP contribution in [0.25, 0.3) is 0 Å². The summed E-state index contributed by atoms with van der Waals surface area (Å²) in [6.45, 7) is 5.96. The van der Waals surface area contributed by atoms with Gasteiger partial charge in [-0.25, -0.2) is 0 Å². The van der Waals surface area contributed by atoms with Crippen LogP contribution >= 0.6 is 0 Å². The maximum atomic E-state index is 12.3. The van der Waals surface area contributed by atoms with Crippen LogP contribution in [0.1, 0.15) is 49.0 Å². The summed E-state index contributed by atoms with van der Waals surface area (Å²) in [6, 6.07) is 18.0. The number of nitrogens with one attached hydrogen (secondary N) is 1. The van der Waals surface area contributed by atoms with Gasteiger partial charge >= 0.3 is 0 Å². The van der Waals surface area contributed by atoms with E-state index in [1.165, 1.54) is 5.56 Å². The maximum absolute atomic E-state index is 12.3. The molecule has 5 heteroatoms. The Bertz CT molecular complexity index is 805. The van der Waals surface area contributed by atoms with Gasteiger partial charge < -0.3 is 10.1 Å². The number of hydrogen-bond donors (Lipinski definition) is 1. The third-order valence-corrected chi connectivity index (χ3v) is 5.47. The van der Waals surface area contributed by atoms with Gasteiger partial charge in [-0.1, -0.05) is 37.3 Å². The zero-order valence-electron chi connectivity index (χ0n) is 17.3. The van der Waals surface area contributed by atoms with Crippen LogP contribution in [-0.2, 0) is 11.3 Å². The molecular formula is C24H30N2O3. The van der Waals surface area contributed by atoms with Gasteiger partial charge in [-0.3, -0.25) is 14.5 Å². The van der Waals surface area contributed by atoms with Crippen LogP contribution in [0, 0.1) is 0 Å². The van der Waals surface area contributed by atoms with Gasteiger partial charge in [0.15, 0.2) is 12.4 Å². The van der Waals surface area contributed by atoms with Crippen LogP contribution in [0.3, 0.4) is 0 Å². The van der Waals surface area contributed by atoms with Crippen molar-refractivity contribution in [2.45, 2.75) is 51.7 Å². The second-order valence-corrected chi connectivity index (χ2v) is 7.68. The summed E-state index contributed by atoms with van der Waals surface area (Å²) in [5.74, 6) is 0.591. The molecule has 0 radical (unpaired) electrons. The Morgan fingerprint density at radius 3 is 2.48 bits per heavy atom. The number of ketones is 1. The number of ether oxygens (including phenoxy) is 1. The van der Waals surface area contributed by atoms with Crippen LogP contribution in [-0.4, -0.2) is 41.8 Å². The Balaban J connectivity index is 1.41. The molecule has 0 unspecified atom stereocenters. The normalized spacial score (nSPS) is 19.5. The van der Waals surface area contributed by atoms with Crippen molar-refractivity contribution in [3.63, 3.8) is 0 Å². The number of piperidine rings is 1. The van der Waals surface area contributed by atoms with E-state index in [0.29, 0.717) is 23.8 Å². The number of likely N-dealkylation sites (tertiary alicyclic amines) is 1. The Kier molecular flexibility index (Phi) is 7.42. The number of Topliss-reactive ketones (excluding diaryl/α,β-unsaturated/α-hetero) is 1. The third-order valence-electron chi connectivity index (χ3n) is 5.47. The number of carbonyl (C=O) groups excluding carboxylic acids is 2. The van der Waals surface area contributed by atoms with Crippen LogP contribution in [0.15, 0.2) is 54.6 Å². The summed E-state index contributed by atoms with van der Waals surface area (Å²) in [4.78, 5) is 26.4. The van der Waals surface area contributed by atoms with E-state index < -0.39 is 0 Å². The fraction of sp³-hybridized carbons (Fsp3) is 0.417. The molecule has 0 spiro atoms. The van der Waals surface area contributed by atoms with E-state index >= 15 is 0 Å². The van der Waals surface area contributed by atoms with Crippen molar-refractivity contribution in [3.05, 3.63) is 65.7 Å². The number of benzene rings is 2. The second kappa shape index (κ2) is 10.2. The lowest BCUT2D eigenvalue weighted by molar-refractivity contribution is -0.124. The molecule has 1 heterocycles. The molecule has 1 saturated heterocycles. The highest BCUT2D eigenvalue weighted by Gasteiger charge is 2.26. The average Bonchev–Trinajstić information content (AvgIpc) is 2.75. The van der Waals surface area contributed by atoms with Crippen LogP contribution in [0.4, 0.5) is 0 Å². The molecule has 0 saturated carbocycles. The van der Waals surface area contributed by atoms with Gasteiger partial charge in [0, 0.05) is 37.2 Å². The smallest absolute Gasteiger partial charge is 0.258 e. The number of hydrogen-bond acceptors (Lipinski definition) is 4. The van der Waals surface area contributed by atoms with Gasteiger partial charge in [-0.2, -0.15) is 0 Å². The molecule has 0 bridgehead atoms. The minimum Gasteiger partial charge on any atom is -0.484 e. The molecule has 1 amide bonds. The first kappa shape index (κ1) is 21.1. The molecule has 5 nitrogen and oxygen atoms in total. The fourth-order valence-electron chi connectivity index (χ4n) is 3.76. The summed E-state index contributed by atoms with van der Waals surface area (Å²) in [5, 5.41) is 3.10. The highest BCUT2D eigenvalue weighted by molar-refractivity contribution is 5.95. The van der Waals surface area contributed by atoms with Crippen molar-refractivity contribution in [3.8, 4) is 5.75 Å². The highest BCUT2D eigenvalue weighted by atomic mass is 16.5. The monoisotopic (exact) mass is 394 g/mol. The molecule has 1 aliphatic rings. The summed E-state index contributed by atoms with van der Waals surface area (Å²) >= 11 is 0. The van der Waals surface area contributed by atoms with Gasteiger partial charge in [-0.15, -0.1) is 0 Å². The quantitative estimate of drug-likeness (QED) is 0.692. The lowest BCUT2D eigenvalue weighted by atomic mass is 9.97. The molecule has 0 aromatic heterocycles. The minimum absolute atomic E-state index is 0.0142.